The van der Waals surface area contributed by atoms with Crippen LogP contribution in [0, 0.1) is 0 Å². The fourth-order valence-electron chi connectivity index (χ4n) is 3.04. The molecule has 1 aromatic carbocycles. The van der Waals surface area contributed by atoms with Gasteiger partial charge in [-0.3, -0.25) is 4.79 Å². The molecule has 0 radical (unpaired) electrons. The van der Waals surface area contributed by atoms with Crippen LogP contribution in [0.5, 0.6) is 5.75 Å². The maximum absolute atomic E-state index is 12.5. The molecule has 8 heteroatoms. The van der Waals surface area contributed by atoms with E-state index in [2.05, 4.69) is 4.72 Å². The van der Waals surface area contributed by atoms with Crippen molar-refractivity contribution in [2.75, 3.05) is 31.7 Å². The zero-order chi connectivity index (χ0) is 17.2. The fourth-order valence-corrected chi connectivity index (χ4v) is 4.13. The first kappa shape index (κ1) is 17.2. The summed E-state index contributed by atoms with van der Waals surface area (Å²) in [5.41, 5.74) is 0.500. The van der Waals surface area contributed by atoms with E-state index in [0.717, 1.165) is 19.3 Å². The number of nitrogens with one attached hydrogen (secondary N) is 1. The normalized spacial score (nSPS) is 21.5. The molecule has 0 aromatic heterocycles. The summed E-state index contributed by atoms with van der Waals surface area (Å²) in [5.74, 6) is 0.471. The summed E-state index contributed by atoms with van der Waals surface area (Å²) in [6.07, 6.45) is 2.97. The van der Waals surface area contributed by atoms with Gasteiger partial charge in [0.1, 0.15) is 5.75 Å². The minimum absolute atomic E-state index is 0.0184. The molecular weight excluding hydrogens is 332 g/mol. The van der Waals surface area contributed by atoms with Crippen LogP contribution in [0.3, 0.4) is 0 Å². The molecule has 2 saturated heterocycles. The lowest BCUT2D eigenvalue weighted by atomic mass is 10.2. The van der Waals surface area contributed by atoms with Gasteiger partial charge in [-0.05, 0) is 37.5 Å². The molecule has 132 valence electrons. The summed E-state index contributed by atoms with van der Waals surface area (Å²) in [5, 5.41) is 0. The Morgan fingerprint density at radius 3 is 2.83 bits per heavy atom. The van der Waals surface area contributed by atoms with E-state index in [-0.39, 0.29) is 23.5 Å². The molecule has 0 bridgehead atoms. The third kappa shape index (κ3) is 3.55. The number of nitrogens with zero attached hydrogens (tertiary/aromatic N) is 1. The van der Waals surface area contributed by atoms with Crippen molar-refractivity contribution in [1.29, 1.82) is 0 Å². The van der Waals surface area contributed by atoms with E-state index in [1.165, 1.54) is 19.2 Å². The molecule has 0 aliphatic carbocycles. The zero-order valence-corrected chi connectivity index (χ0v) is 14.5. The summed E-state index contributed by atoms with van der Waals surface area (Å²) in [6.45, 7) is 1.50. The lowest BCUT2D eigenvalue weighted by Gasteiger charge is -2.20. The van der Waals surface area contributed by atoms with Crippen LogP contribution in [-0.4, -0.2) is 47.2 Å². The number of hydrogen-bond donors (Lipinski definition) is 1. The standard InChI is InChI=1S/C16H22N2O5S/c1-22-15-7-6-13(10-14(15)18-8-2-5-16(18)19)24(20,21)17-11-12-4-3-9-23-12/h6-7,10,12,17H,2-5,8-9,11H2,1H3. The van der Waals surface area contributed by atoms with Crippen LogP contribution in [0.1, 0.15) is 25.7 Å². The van der Waals surface area contributed by atoms with Crippen molar-refractivity contribution in [2.45, 2.75) is 36.7 Å². The van der Waals surface area contributed by atoms with Crippen molar-refractivity contribution < 1.29 is 22.7 Å². The number of anilines is 1. The SMILES string of the molecule is COc1ccc(S(=O)(=O)NCC2CCCO2)cc1N1CCCC1=O. The Bertz CT molecular complexity index is 713. The van der Waals surface area contributed by atoms with Crippen molar-refractivity contribution in [2.24, 2.45) is 0 Å². The third-order valence-corrected chi connectivity index (χ3v) is 5.77. The van der Waals surface area contributed by atoms with Crippen molar-refractivity contribution in [3.05, 3.63) is 18.2 Å². The summed E-state index contributed by atoms with van der Waals surface area (Å²) in [7, 11) is -2.16. The molecule has 24 heavy (non-hydrogen) atoms. The van der Waals surface area contributed by atoms with Crippen molar-refractivity contribution >= 4 is 21.6 Å². The van der Waals surface area contributed by atoms with E-state index in [4.69, 9.17) is 9.47 Å². The van der Waals surface area contributed by atoms with Gasteiger partial charge in [0.05, 0.1) is 23.8 Å². The van der Waals surface area contributed by atoms with Gasteiger partial charge in [-0.2, -0.15) is 0 Å². The molecule has 0 saturated carbocycles. The Morgan fingerprint density at radius 2 is 2.21 bits per heavy atom. The predicted molar refractivity (Wildman–Crippen MR) is 88.7 cm³/mol. The van der Waals surface area contributed by atoms with E-state index < -0.39 is 10.0 Å². The Kier molecular flexibility index (Phi) is 5.07. The van der Waals surface area contributed by atoms with Gasteiger partial charge in [0.2, 0.25) is 15.9 Å². The van der Waals surface area contributed by atoms with Gasteiger partial charge in [0.15, 0.2) is 0 Å². The lowest BCUT2D eigenvalue weighted by Crippen LogP contribution is -2.32. The van der Waals surface area contributed by atoms with Gasteiger partial charge in [-0.25, -0.2) is 13.1 Å². The lowest BCUT2D eigenvalue weighted by molar-refractivity contribution is -0.117. The molecule has 2 aliphatic rings. The average Bonchev–Trinajstić information content (AvgIpc) is 3.24. The monoisotopic (exact) mass is 354 g/mol. The van der Waals surface area contributed by atoms with Crippen molar-refractivity contribution in [1.82, 2.24) is 4.72 Å². The Hall–Kier alpha value is -1.64. The number of ether oxygens (including phenoxy) is 2. The number of amides is 1. The number of sulfonamides is 1. The maximum atomic E-state index is 12.5. The Labute approximate surface area is 142 Å². The quantitative estimate of drug-likeness (QED) is 0.832. The van der Waals surface area contributed by atoms with Gasteiger partial charge >= 0.3 is 0 Å². The Morgan fingerprint density at radius 1 is 1.38 bits per heavy atom. The molecule has 3 rings (SSSR count). The van der Waals surface area contributed by atoms with Crippen LogP contribution in [0.2, 0.25) is 0 Å². The number of hydrogen-bond acceptors (Lipinski definition) is 5. The minimum Gasteiger partial charge on any atom is -0.495 e. The van der Waals surface area contributed by atoms with Crippen LogP contribution in [0.4, 0.5) is 5.69 Å². The van der Waals surface area contributed by atoms with E-state index in [9.17, 15) is 13.2 Å². The highest BCUT2D eigenvalue weighted by atomic mass is 32.2. The van der Waals surface area contributed by atoms with Crippen LogP contribution < -0.4 is 14.4 Å². The highest BCUT2D eigenvalue weighted by molar-refractivity contribution is 7.89. The van der Waals surface area contributed by atoms with E-state index >= 15 is 0 Å². The zero-order valence-electron chi connectivity index (χ0n) is 13.7. The fraction of sp³-hybridized carbons (Fsp3) is 0.562. The third-order valence-electron chi connectivity index (χ3n) is 4.35. The van der Waals surface area contributed by atoms with E-state index in [1.807, 2.05) is 0 Å². The summed E-state index contributed by atoms with van der Waals surface area (Å²) in [6, 6.07) is 4.57. The molecular formula is C16H22N2O5S. The van der Waals surface area contributed by atoms with E-state index in [0.29, 0.717) is 31.0 Å². The molecule has 2 heterocycles. The maximum Gasteiger partial charge on any atom is 0.240 e. The number of methoxy groups -OCH3 is 1. The first-order valence-electron chi connectivity index (χ1n) is 8.11. The van der Waals surface area contributed by atoms with Gasteiger partial charge in [-0.15, -0.1) is 0 Å². The first-order valence-corrected chi connectivity index (χ1v) is 9.59. The van der Waals surface area contributed by atoms with Crippen LogP contribution >= 0.6 is 0 Å². The first-order chi connectivity index (χ1) is 11.5. The van der Waals surface area contributed by atoms with Gasteiger partial charge in [0, 0.05) is 26.1 Å². The highest BCUT2D eigenvalue weighted by Gasteiger charge is 2.27. The molecule has 2 fully saturated rings. The number of rotatable bonds is 6. The summed E-state index contributed by atoms with van der Waals surface area (Å²) < 4.78 is 38.4. The van der Waals surface area contributed by atoms with Gasteiger partial charge < -0.3 is 14.4 Å². The molecule has 1 atom stereocenters. The summed E-state index contributed by atoms with van der Waals surface area (Å²) in [4.78, 5) is 13.7. The van der Waals surface area contributed by atoms with Crippen LogP contribution in [-0.2, 0) is 19.6 Å². The number of carbonyl (C=O) groups is 1. The second-order valence-electron chi connectivity index (χ2n) is 5.97. The molecule has 1 aromatic rings. The second kappa shape index (κ2) is 7.08. The smallest absolute Gasteiger partial charge is 0.240 e. The van der Waals surface area contributed by atoms with Gasteiger partial charge in [0.25, 0.3) is 0 Å². The number of carbonyl (C=O) groups excluding carboxylic acids is 1. The van der Waals surface area contributed by atoms with Crippen molar-refractivity contribution in [3.8, 4) is 5.75 Å². The molecule has 0 spiro atoms. The number of benzene rings is 1. The minimum atomic E-state index is -3.67. The second-order valence-corrected chi connectivity index (χ2v) is 7.74. The molecule has 1 N–H and O–H groups in total. The molecule has 2 aliphatic heterocycles. The van der Waals surface area contributed by atoms with E-state index in [1.54, 1.807) is 11.0 Å². The highest BCUT2D eigenvalue weighted by Crippen LogP contribution is 2.33. The Balaban J connectivity index is 1.83. The summed E-state index contributed by atoms with van der Waals surface area (Å²) >= 11 is 0. The van der Waals surface area contributed by atoms with Crippen LogP contribution in [0.25, 0.3) is 0 Å². The predicted octanol–water partition coefficient (Wildman–Crippen LogP) is 1.28. The average molecular weight is 354 g/mol. The topological polar surface area (TPSA) is 84.9 Å². The molecule has 1 amide bonds. The van der Waals surface area contributed by atoms with Crippen LogP contribution in [0.15, 0.2) is 23.1 Å². The molecule has 1 unspecified atom stereocenters. The van der Waals surface area contributed by atoms with Gasteiger partial charge in [-0.1, -0.05) is 0 Å². The largest absolute Gasteiger partial charge is 0.495 e. The molecule has 7 nitrogen and oxygen atoms in total. The van der Waals surface area contributed by atoms with Crippen molar-refractivity contribution in [3.63, 3.8) is 0 Å².